The molecular formula is C23H32N6O. The lowest BCUT2D eigenvalue weighted by atomic mass is 10.1. The number of carbonyl (C=O) groups excluding carboxylic acids is 1. The van der Waals surface area contributed by atoms with E-state index < -0.39 is 0 Å². The van der Waals surface area contributed by atoms with Crippen molar-refractivity contribution in [3.05, 3.63) is 53.5 Å². The van der Waals surface area contributed by atoms with Gasteiger partial charge in [0.05, 0.1) is 12.2 Å². The fourth-order valence-electron chi connectivity index (χ4n) is 4.17. The minimum Gasteiger partial charge on any atom is -0.337 e. The van der Waals surface area contributed by atoms with Gasteiger partial charge in [-0.3, -0.25) is 9.69 Å². The summed E-state index contributed by atoms with van der Waals surface area (Å²) in [6.07, 6.45) is 9.17. The molecule has 3 aromatic heterocycles. The molecule has 1 aliphatic heterocycles. The fraction of sp³-hybridized carbons (Fsp3) is 0.522. The van der Waals surface area contributed by atoms with Crippen molar-refractivity contribution in [3.8, 4) is 0 Å². The van der Waals surface area contributed by atoms with Gasteiger partial charge < -0.3 is 13.9 Å². The number of aromatic nitrogens is 4. The second-order valence-corrected chi connectivity index (χ2v) is 8.60. The molecule has 3 aromatic rings. The molecule has 0 saturated carbocycles. The Hall–Kier alpha value is -2.67. The van der Waals surface area contributed by atoms with Crippen LogP contribution in [-0.2, 0) is 20.1 Å². The Morgan fingerprint density at radius 3 is 2.60 bits per heavy atom. The molecule has 4 heterocycles. The van der Waals surface area contributed by atoms with E-state index in [1.807, 2.05) is 41.2 Å². The number of piperidine rings is 1. The number of fused-ring (bicyclic) bond motifs is 1. The molecule has 0 N–H and O–H groups in total. The number of nitrogens with zero attached hydrogens (tertiary/aromatic N) is 6. The number of hydrogen-bond donors (Lipinski definition) is 0. The zero-order valence-electron chi connectivity index (χ0n) is 18.5. The lowest BCUT2D eigenvalue weighted by Gasteiger charge is -2.28. The van der Waals surface area contributed by atoms with Crippen molar-refractivity contribution in [3.63, 3.8) is 0 Å². The summed E-state index contributed by atoms with van der Waals surface area (Å²) in [7, 11) is 2.02. The third-order valence-corrected chi connectivity index (χ3v) is 6.14. The largest absolute Gasteiger partial charge is 0.337 e. The number of hydrogen-bond acceptors (Lipinski definition) is 4. The van der Waals surface area contributed by atoms with Gasteiger partial charge in [-0.2, -0.15) is 0 Å². The number of rotatable bonds is 6. The van der Waals surface area contributed by atoms with Crippen molar-refractivity contribution in [2.45, 2.75) is 59.2 Å². The summed E-state index contributed by atoms with van der Waals surface area (Å²) >= 11 is 0. The molecule has 7 heteroatoms. The highest BCUT2D eigenvalue weighted by Gasteiger charge is 2.27. The van der Waals surface area contributed by atoms with E-state index in [2.05, 4.69) is 41.1 Å². The lowest BCUT2D eigenvalue weighted by molar-refractivity contribution is 0.0715. The Balaban J connectivity index is 1.72. The van der Waals surface area contributed by atoms with Crippen LogP contribution in [0.1, 0.15) is 60.7 Å². The standard InChI is InChI=1S/C23H32N6O/c1-17(2)28(16-20-24-10-14-26(20)4)15-19-21(23(30)27-11-6-5-7-12-27)25-22-18(3)9-8-13-29(19)22/h8-10,13-14,17H,5-7,11-12,15-16H2,1-4H3. The van der Waals surface area contributed by atoms with Gasteiger partial charge in [0.25, 0.3) is 5.91 Å². The van der Waals surface area contributed by atoms with Gasteiger partial charge >= 0.3 is 0 Å². The van der Waals surface area contributed by atoms with Crippen LogP contribution in [0.25, 0.3) is 5.65 Å². The van der Waals surface area contributed by atoms with Gasteiger partial charge in [-0.25, -0.2) is 9.97 Å². The molecule has 1 aliphatic rings. The van der Waals surface area contributed by atoms with Crippen LogP contribution in [0.2, 0.25) is 0 Å². The van der Waals surface area contributed by atoms with Gasteiger partial charge in [0.1, 0.15) is 11.5 Å². The first-order valence-electron chi connectivity index (χ1n) is 10.9. The Morgan fingerprint density at radius 2 is 1.93 bits per heavy atom. The molecule has 0 aromatic carbocycles. The van der Waals surface area contributed by atoms with Crippen LogP contribution in [0.3, 0.4) is 0 Å². The minimum atomic E-state index is 0.0634. The first-order valence-corrected chi connectivity index (χ1v) is 10.9. The average molecular weight is 409 g/mol. The normalized spacial score (nSPS) is 14.9. The van der Waals surface area contributed by atoms with E-state index in [4.69, 9.17) is 4.98 Å². The summed E-state index contributed by atoms with van der Waals surface area (Å²) < 4.78 is 4.15. The van der Waals surface area contributed by atoms with Crippen molar-refractivity contribution < 1.29 is 4.79 Å². The van der Waals surface area contributed by atoms with E-state index in [1.165, 1.54) is 6.42 Å². The number of likely N-dealkylation sites (tertiary alicyclic amines) is 1. The number of amides is 1. The maximum atomic E-state index is 13.4. The van der Waals surface area contributed by atoms with Crippen LogP contribution >= 0.6 is 0 Å². The molecule has 1 saturated heterocycles. The SMILES string of the molecule is Cc1cccn2c(CN(Cc3nccn3C)C(C)C)c(C(=O)N3CCCCC3)nc12. The van der Waals surface area contributed by atoms with Crippen LogP contribution in [-0.4, -0.2) is 53.8 Å². The molecule has 0 radical (unpaired) electrons. The number of imidazole rings is 2. The van der Waals surface area contributed by atoms with E-state index in [9.17, 15) is 4.79 Å². The summed E-state index contributed by atoms with van der Waals surface area (Å²) in [6, 6.07) is 4.38. The molecule has 0 unspecified atom stereocenters. The molecule has 0 spiro atoms. The average Bonchev–Trinajstić information content (AvgIpc) is 3.32. The van der Waals surface area contributed by atoms with Crippen molar-refractivity contribution >= 4 is 11.6 Å². The summed E-state index contributed by atoms with van der Waals surface area (Å²) in [6.45, 7) is 9.43. The van der Waals surface area contributed by atoms with E-state index in [1.54, 1.807) is 0 Å². The smallest absolute Gasteiger partial charge is 0.274 e. The lowest BCUT2D eigenvalue weighted by Crippen LogP contribution is -2.37. The Morgan fingerprint density at radius 1 is 1.17 bits per heavy atom. The monoisotopic (exact) mass is 408 g/mol. The topological polar surface area (TPSA) is 58.7 Å². The second-order valence-electron chi connectivity index (χ2n) is 8.60. The van der Waals surface area contributed by atoms with Gasteiger partial charge in [0.2, 0.25) is 0 Å². The molecule has 1 amide bonds. The summed E-state index contributed by atoms with van der Waals surface area (Å²) in [5.74, 6) is 1.08. The number of aryl methyl sites for hydroxylation is 2. The fourth-order valence-corrected chi connectivity index (χ4v) is 4.17. The molecule has 0 bridgehead atoms. The zero-order valence-corrected chi connectivity index (χ0v) is 18.5. The zero-order chi connectivity index (χ0) is 21.3. The van der Waals surface area contributed by atoms with E-state index in [0.29, 0.717) is 18.3 Å². The first kappa shape index (κ1) is 20.6. The second kappa shape index (κ2) is 8.60. The molecule has 4 rings (SSSR count). The molecule has 0 aliphatic carbocycles. The van der Waals surface area contributed by atoms with Crippen LogP contribution in [0, 0.1) is 6.92 Å². The van der Waals surface area contributed by atoms with Crippen LogP contribution in [0.15, 0.2) is 30.7 Å². The molecule has 160 valence electrons. The van der Waals surface area contributed by atoms with Crippen molar-refractivity contribution in [1.29, 1.82) is 0 Å². The highest BCUT2D eigenvalue weighted by atomic mass is 16.2. The van der Waals surface area contributed by atoms with Crippen LogP contribution < -0.4 is 0 Å². The van der Waals surface area contributed by atoms with Crippen LogP contribution in [0.5, 0.6) is 0 Å². The summed E-state index contributed by atoms with van der Waals surface area (Å²) in [4.78, 5) is 27.1. The number of carbonyl (C=O) groups is 1. The molecular weight excluding hydrogens is 376 g/mol. The number of pyridine rings is 1. The Kier molecular flexibility index (Phi) is 5.90. The van der Waals surface area contributed by atoms with Gasteiger partial charge in [-0.05, 0) is 51.7 Å². The predicted molar refractivity (Wildman–Crippen MR) is 117 cm³/mol. The van der Waals surface area contributed by atoms with Crippen molar-refractivity contribution in [2.24, 2.45) is 7.05 Å². The maximum Gasteiger partial charge on any atom is 0.274 e. The maximum absolute atomic E-state index is 13.4. The van der Waals surface area contributed by atoms with E-state index in [-0.39, 0.29) is 5.91 Å². The van der Waals surface area contributed by atoms with Crippen LogP contribution in [0.4, 0.5) is 0 Å². The summed E-state index contributed by atoms with van der Waals surface area (Å²) in [5.41, 5.74) is 3.51. The van der Waals surface area contributed by atoms with Gasteiger partial charge in [0, 0.05) is 51.3 Å². The Bertz CT molecular complexity index is 1030. The third-order valence-electron chi connectivity index (χ3n) is 6.14. The third kappa shape index (κ3) is 3.99. The molecule has 30 heavy (non-hydrogen) atoms. The predicted octanol–water partition coefficient (Wildman–Crippen LogP) is 3.41. The highest BCUT2D eigenvalue weighted by molar-refractivity contribution is 5.94. The summed E-state index contributed by atoms with van der Waals surface area (Å²) in [5, 5.41) is 0. The first-order chi connectivity index (χ1) is 14.5. The highest BCUT2D eigenvalue weighted by Crippen LogP contribution is 2.22. The molecule has 7 nitrogen and oxygen atoms in total. The van der Waals surface area contributed by atoms with E-state index >= 15 is 0 Å². The van der Waals surface area contributed by atoms with Crippen molar-refractivity contribution in [2.75, 3.05) is 13.1 Å². The quantitative estimate of drug-likeness (QED) is 0.627. The van der Waals surface area contributed by atoms with Gasteiger partial charge in [-0.15, -0.1) is 0 Å². The molecule has 0 atom stereocenters. The van der Waals surface area contributed by atoms with Crippen molar-refractivity contribution in [1.82, 2.24) is 28.7 Å². The van der Waals surface area contributed by atoms with E-state index in [0.717, 1.165) is 55.2 Å². The Labute approximate surface area is 178 Å². The molecule has 1 fully saturated rings. The van der Waals surface area contributed by atoms with Gasteiger partial charge in [0.15, 0.2) is 5.69 Å². The van der Waals surface area contributed by atoms with Gasteiger partial charge in [-0.1, -0.05) is 6.07 Å². The minimum absolute atomic E-state index is 0.0634.